The first-order valence-corrected chi connectivity index (χ1v) is 5.20. The average Bonchev–Trinajstić information content (AvgIpc) is 2.66. The fourth-order valence-electron chi connectivity index (χ4n) is 2.21. The molecule has 0 aliphatic carbocycles. The number of nitrogens with zero attached hydrogens (tertiary/aromatic N) is 1. The van der Waals surface area contributed by atoms with E-state index in [4.69, 9.17) is 4.74 Å². The fourth-order valence-corrected chi connectivity index (χ4v) is 2.21. The first-order valence-electron chi connectivity index (χ1n) is 5.20. The third kappa shape index (κ3) is 1.58. The van der Waals surface area contributed by atoms with Crippen molar-refractivity contribution in [3.8, 4) is 0 Å². The van der Waals surface area contributed by atoms with Crippen LogP contribution in [0.4, 0.5) is 4.79 Å². The highest BCUT2D eigenvalue weighted by Gasteiger charge is 2.32. The van der Waals surface area contributed by atoms with E-state index in [0.29, 0.717) is 6.54 Å². The second kappa shape index (κ2) is 3.93. The molecule has 0 aromatic heterocycles. The molecular weight excluding hydrogens is 190 g/mol. The molecule has 3 nitrogen and oxygen atoms in total. The number of methoxy groups -OCH3 is 1. The summed E-state index contributed by atoms with van der Waals surface area (Å²) in [5.74, 6) is 0. The number of rotatable bonds is 1. The molecule has 1 unspecified atom stereocenters. The van der Waals surface area contributed by atoms with Gasteiger partial charge in [-0.2, -0.15) is 0 Å². The first kappa shape index (κ1) is 10.0. The van der Waals surface area contributed by atoms with E-state index in [1.807, 2.05) is 12.1 Å². The highest BCUT2D eigenvalue weighted by molar-refractivity contribution is 5.69. The van der Waals surface area contributed by atoms with Crippen LogP contribution in [0.15, 0.2) is 24.3 Å². The Hall–Kier alpha value is -1.51. The minimum atomic E-state index is -0.238. The second-order valence-corrected chi connectivity index (χ2v) is 3.72. The van der Waals surface area contributed by atoms with Crippen LogP contribution in [0.5, 0.6) is 0 Å². The first-order chi connectivity index (χ1) is 7.27. The van der Waals surface area contributed by atoms with Crippen molar-refractivity contribution < 1.29 is 9.53 Å². The van der Waals surface area contributed by atoms with Gasteiger partial charge in [-0.05, 0) is 17.5 Å². The van der Waals surface area contributed by atoms with Crippen LogP contribution in [0.1, 0.15) is 30.5 Å². The molecule has 1 heterocycles. The van der Waals surface area contributed by atoms with Gasteiger partial charge in [0.1, 0.15) is 0 Å². The SMILES string of the molecule is CCC1c2ccccc2CN1C(=O)OC. The van der Waals surface area contributed by atoms with Crippen LogP contribution in [0.2, 0.25) is 0 Å². The minimum absolute atomic E-state index is 0.175. The lowest BCUT2D eigenvalue weighted by atomic mass is 10.0. The summed E-state index contributed by atoms with van der Waals surface area (Å²) in [6, 6.07) is 8.36. The van der Waals surface area contributed by atoms with E-state index < -0.39 is 0 Å². The number of amides is 1. The molecular formula is C12H15NO2. The molecule has 0 bridgehead atoms. The van der Waals surface area contributed by atoms with Crippen LogP contribution >= 0.6 is 0 Å². The average molecular weight is 205 g/mol. The van der Waals surface area contributed by atoms with Gasteiger partial charge in [-0.3, -0.25) is 4.90 Å². The van der Waals surface area contributed by atoms with E-state index in [9.17, 15) is 4.79 Å². The Labute approximate surface area is 89.7 Å². The van der Waals surface area contributed by atoms with Gasteiger partial charge in [-0.15, -0.1) is 0 Å². The summed E-state index contributed by atoms with van der Waals surface area (Å²) in [6.07, 6.45) is 0.685. The maximum absolute atomic E-state index is 11.6. The lowest BCUT2D eigenvalue weighted by Crippen LogP contribution is -2.28. The van der Waals surface area contributed by atoms with E-state index in [2.05, 4.69) is 19.1 Å². The van der Waals surface area contributed by atoms with Gasteiger partial charge >= 0.3 is 6.09 Å². The Balaban J connectivity index is 2.32. The zero-order chi connectivity index (χ0) is 10.8. The molecule has 1 amide bonds. The highest BCUT2D eigenvalue weighted by Crippen LogP contribution is 2.35. The van der Waals surface area contributed by atoms with E-state index in [1.165, 1.54) is 18.2 Å². The fraction of sp³-hybridized carbons (Fsp3) is 0.417. The normalized spacial score (nSPS) is 18.8. The van der Waals surface area contributed by atoms with Crippen LogP contribution in [0.3, 0.4) is 0 Å². The molecule has 0 saturated carbocycles. The van der Waals surface area contributed by atoms with E-state index in [0.717, 1.165) is 6.42 Å². The van der Waals surface area contributed by atoms with Crippen molar-refractivity contribution in [1.29, 1.82) is 0 Å². The quantitative estimate of drug-likeness (QED) is 0.705. The molecule has 3 heteroatoms. The van der Waals surface area contributed by atoms with Crippen LogP contribution < -0.4 is 0 Å². The summed E-state index contributed by atoms with van der Waals surface area (Å²) >= 11 is 0. The largest absolute Gasteiger partial charge is 0.453 e. The lowest BCUT2D eigenvalue weighted by Gasteiger charge is -2.22. The molecule has 1 atom stereocenters. The number of fused-ring (bicyclic) bond motifs is 1. The van der Waals surface area contributed by atoms with Crippen molar-refractivity contribution in [2.45, 2.75) is 25.9 Å². The van der Waals surface area contributed by atoms with E-state index in [-0.39, 0.29) is 12.1 Å². The topological polar surface area (TPSA) is 29.5 Å². The molecule has 0 radical (unpaired) electrons. The van der Waals surface area contributed by atoms with Gasteiger partial charge in [-0.1, -0.05) is 31.2 Å². The van der Waals surface area contributed by atoms with Crippen molar-refractivity contribution in [1.82, 2.24) is 4.90 Å². The third-order valence-corrected chi connectivity index (χ3v) is 2.93. The van der Waals surface area contributed by atoms with Crippen LogP contribution in [0, 0.1) is 0 Å². The maximum atomic E-state index is 11.6. The van der Waals surface area contributed by atoms with Crippen molar-refractivity contribution >= 4 is 6.09 Å². The predicted octanol–water partition coefficient (Wildman–Crippen LogP) is 2.72. The summed E-state index contributed by atoms with van der Waals surface area (Å²) in [5, 5.41) is 0. The van der Waals surface area contributed by atoms with Crippen LogP contribution in [-0.4, -0.2) is 18.1 Å². The van der Waals surface area contributed by atoms with Crippen molar-refractivity contribution in [2.24, 2.45) is 0 Å². The number of carbonyl (C=O) groups excluding carboxylic acids is 1. The Morgan fingerprint density at radius 2 is 2.27 bits per heavy atom. The molecule has 0 N–H and O–H groups in total. The molecule has 1 aromatic rings. The third-order valence-electron chi connectivity index (χ3n) is 2.93. The van der Waals surface area contributed by atoms with Gasteiger partial charge in [0, 0.05) is 6.54 Å². The highest BCUT2D eigenvalue weighted by atomic mass is 16.5. The van der Waals surface area contributed by atoms with E-state index >= 15 is 0 Å². The Bertz CT molecular complexity index is 376. The van der Waals surface area contributed by atoms with Gasteiger partial charge in [0.2, 0.25) is 0 Å². The van der Waals surface area contributed by atoms with Crippen LogP contribution in [-0.2, 0) is 11.3 Å². The zero-order valence-electron chi connectivity index (χ0n) is 9.06. The van der Waals surface area contributed by atoms with Gasteiger partial charge in [-0.25, -0.2) is 4.79 Å². The summed E-state index contributed by atoms with van der Waals surface area (Å²) in [7, 11) is 1.43. The van der Waals surface area contributed by atoms with Gasteiger partial charge in [0.05, 0.1) is 13.2 Å². The molecule has 0 spiro atoms. The summed E-state index contributed by atoms with van der Waals surface area (Å²) in [5.41, 5.74) is 2.49. The van der Waals surface area contributed by atoms with Crippen molar-refractivity contribution in [3.63, 3.8) is 0 Å². The Kier molecular flexibility index (Phi) is 2.62. The van der Waals surface area contributed by atoms with E-state index in [1.54, 1.807) is 4.90 Å². The van der Waals surface area contributed by atoms with Crippen molar-refractivity contribution in [3.05, 3.63) is 35.4 Å². The number of carbonyl (C=O) groups is 1. The maximum Gasteiger partial charge on any atom is 0.410 e. The van der Waals surface area contributed by atoms with Gasteiger partial charge in [0.15, 0.2) is 0 Å². The number of hydrogen-bond donors (Lipinski definition) is 0. The molecule has 1 aromatic carbocycles. The predicted molar refractivity (Wildman–Crippen MR) is 57.4 cm³/mol. The zero-order valence-corrected chi connectivity index (χ0v) is 9.06. The standard InChI is InChI=1S/C12H15NO2/c1-3-11-10-7-5-4-6-9(10)8-13(11)12(14)15-2/h4-7,11H,3,8H2,1-2H3. The number of benzene rings is 1. The smallest absolute Gasteiger partial charge is 0.410 e. The lowest BCUT2D eigenvalue weighted by molar-refractivity contribution is 0.107. The summed E-state index contributed by atoms with van der Waals surface area (Å²) in [6.45, 7) is 2.75. The molecule has 0 fully saturated rings. The Morgan fingerprint density at radius 3 is 2.93 bits per heavy atom. The molecule has 0 saturated heterocycles. The molecule has 1 aliphatic rings. The number of ether oxygens (including phenoxy) is 1. The second-order valence-electron chi connectivity index (χ2n) is 3.72. The van der Waals surface area contributed by atoms with Gasteiger partial charge < -0.3 is 4.74 Å². The van der Waals surface area contributed by atoms with Gasteiger partial charge in [0.25, 0.3) is 0 Å². The molecule has 15 heavy (non-hydrogen) atoms. The molecule has 80 valence electrons. The monoisotopic (exact) mass is 205 g/mol. The van der Waals surface area contributed by atoms with Crippen LogP contribution in [0.25, 0.3) is 0 Å². The Morgan fingerprint density at radius 1 is 1.53 bits per heavy atom. The summed E-state index contributed by atoms with van der Waals surface area (Å²) in [4.78, 5) is 13.3. The number of hydrogen-bond acceptors (Lipinski definition) is 2. The van der Waals surface area contributed by atoms with Crippen molar-refractivity contribution in [2.75, 3.05) is 7.11 Å². The molecule has 2 rings (SSSR count). The minimum Gasteiger partial charge on any atom is -0.453 e. The summed E-state index contributed by atoms with van der Waals surface area (Å²) < 4.78 is 4.78. The molecule has 1 aliphatic heterocycles.